The van der Waals surface area contributed by atoms with Crippen molar-refractivity contribution in [2.75, 3.05) is 32.7 Å². The van der Waals surface area contributed by atoms with Gasteiger partial charge in [0.25, 0.3) is 0 Å². The number of carbonyl (C=O) groups excluding carboxylic acids is 1. The molecule has 3 aliphatic rings. The summed E-state index contributed by atoms with van der Waals surface area (Å²) in [5.41, 5.74) is 5.46. The van der Waals surface area contributed by atoms with Crippen LogP contribution in [0.2, 0.25) is 5.02 Å². The minimum atomic E-state index is -0.387. The second-order valence-electron chi connectivity index (χ2n) is 12.6. The predicted molar refractivity (Wildman–Crippen MR) is 173 cm³/mol. The number of dihydropyridines is 1. The molecule has 1 saturated heterocycles. The van der Waals surface area contributed by atoms with Crippen LogP contribution in [-0.2, 0) is 23.6 Å². The summed E-state index contributed by atoms with van der Waals surface area (Å²) in [6.45, 7) is 11.5. The fraction of sp³-hybridized carbons (Fsp3) is 0.515. The van der Waals surface area contributed by atoms with Gasteiger partial charge in [-0.3, -0.25) is 0 Å². The molecule has 0 spiro atoms. The Hall–Kier alpha value is -3.43. The Morgan fingerprint density at radius 1 is 1.19 bits per heavy atom. The third-order valence-corrected chi connectivity index (χ3v) is 8.34. The van der Waals surface area contributed by atoms with Crippen LogP contribution in [0.4, 0.5) is 4.79 Å². The van der Waals surface area contributed by atoms with Crippen molar-refractivity contribution < 1.29 is 9.53 Å². The van der Waals surface area contributed by atoms with Gasteiger partial charge in [-0.15, -0.1) is 0 Å². The van der Waals surface area contributed by atoms with Gasteiger partial charge in [0.1, 0.15) is 5.60 Å². The van der Waals surface area contributed by atoms with Crippen LogP contribution in [0.25, 0.3) is 5.57 Å². The number of carbonyl (C=O) groups is 1. The third kappa shape index (κ3) is 8.36. The number of hydrogen-bond donors (Lipinski definition) is 2. The molecule has 43 heavy (non-hydrogen) atoms. The molecule has 3 heterocycles. The Morgan fingerprint density at radius 2 is 1.95 bits per heavy atom. The van der Waals surface area contributed by atoms with Crippen molar-refractivity contribution in [3.05, 3.63) is 87.5 Å². The average Bonchev–Trinajstić information content (AvgIpc) is 3.34. The molecule has 1 fully saturated rings. The first-order valence-electron chi connectivity index (χ1n) is 15.1. The number of imidazole rings is 1. The first-order valence-corrected chi connectivity index (χ1v) is 15.5. The van der Waals surface area contributed by atoms with Gasteiger partial charge < -0.3 is 24.8 Å². The maximum Gasteiger partial charge on any atom is 0.410 e. The number of amides is 1. The molecule has 2 aliphatic heterocycles. The zero-order valence-corrected chi connectivity index (χ0v) is 26.8. The summed E-state index contributed by atoms with van der Waals surface area (Å²) in [4.78, 5) is 28.2. The van der Waals surface area contributed by atoms with Crippen LogP contribution in [0.15, 0.2) is 65.9 Å². The number of aryl methyl sites for hydroxylation is 1. The van der Waals surface area contributed by atoms with Gasteiger partial charge in [0, 0.05) is 55.6 Å². The lowest BCUT2D eigenvalue weighted by molar-refractivity contribution is 0.0229. The summed E-state index contributed by atoms with van der Waals surface area (Å²) < 4.78 is 7.33. The Morgan fingerprint density at radius 3 is 2.63 bits per heavy atom. The van der Waals surface area contributed by atoms with Crippen LogP contribution in [0.1, 0.15) is 63.8 Å². The van der Waals surface area contributed by atoms with Crippen LogP contribution < -0.4 is 10.6 Å². The molecule has 2 aromatic rings. The minimum Gasteiger partial charge on any atom is -0.444 e. The lowest BCUT2D eigenvalue weighted by Gasteiger charge is -2.34. The highest BCUT2D eigenvalue weighted by Crippen LogP contribution is 2.46. The SMILES string of the molecule is CC(C)(C)OC(=O)N1CCNCC1.Cn1cncc1C(C)(CCCCN=O)C1=CC2=CC=CNC2Cc2ccc(Cl)cc21. The van der Waals surface area contributed by atoms with E-state index in [4.69, 9.17) is 16.3 Å². The van der Waals surface area contributed by atoms with E-state index in [0.717, 1.165) is 62.6 Å². The number of nitrogens with zero attached hydrogens (tertiary/aromatic N) is 4. The summed E-state index contributed by atoms with van der Waals surface area (Å²) in [5, 5.41) is 10.5. The summed E-state index contributed by atoms with van der Waals surface area (Å²) in [6, 6.07) is 6.45. The van der Waals surface area contributed by atoms with E-state index < -0.39 is 0 Å². The normalized spacial score (nSPS) is 19.2. The van der Waals surface area contributed by atoms with E-state index in [-0.39, 0.29) is 23.2 Å². The molecule has 9 nitrogen and oxygen atoms in total. The molecule has 10 heteroatoms. The first-order chi connectivity index (χ1) is 20.5. The smallest absolute Gasteiger partial charge is 0.410 e. The van der Waals surface area contributed by atoms with E-state index >= 15 is 0 Å². The zero-order chi connectivity index (χ0) is 31.0. The second kappa shape index (κ2) is 14.4. The summed E-state index contributed by atoms with van der Waals surface area (Å²) >= 11 is 6.47. The average molecular weight is 609 g/mol. The highest BCUT2D eigenvalue weighted by molar-refractivity contribution is 6.30. The second-order valence-corrected chi connectivity index (χ2v) is 13.0. The molecule has 5 rings (SSSR count). The van der Waals surface area contributed by atoms with Gasteiger partial charge in [0.05, 0.1) is 18.9 Å². The fourth-order valence-corrected chi connectivity index (χ4v) is 6.06. The number of aromatic nitrogens is 2. The standard InChI is InChI=1S/C24H27ClN4O.C9H18N2O2/c1-24(9-3-4-11-28-30,23-15-26-16-29(23)2)21-12-18-6-5-10-27-22(18)13-17-7-8-19(25)14-20(17)21;1-9(2,3)13-8(12)11-6-4-10-5-7-11/h5-8,10,12,14-16,22,27H,3-4,9,11,13H2,1-2H3;10H,4-7H2,1-3H3. The molecular formula is C33H45ClN6O3. The van der Waals surface area contributed by atoms with E-state index in [0.29, 0.717) is 6.54 Å². The van der Waals surface area contributed by atoms with E-state index in [1.165, 1.54) is 22.3 Å². The topological polar surface area (TPSA) is 101 Å². The molecule has 2 N–H and O–H groups in total. The molecule has 1 amide bonds. The molecule has 0 radical (unpaired) electrons. The highest BCUT2D eigenvalue weighted by atomic mass is 35.5. The number of rotatable bonds is 7. The van der Waals surface area contributed by atoms with Gasteiger partial charge in [-0.2, -0.15) is 4.91 Å². The van der Waals surface area contributed by atoms with Crippen LogP contribution in [0, 0.1) is 4.91 Å². The number of nitroso groups, excluding NO2 is 1. The number of piperazine rings is 1. The quantitative estimate of drug-likeness (QED) is 0.289. The first kappa shape index (κ1) is 32.5. The Labute approximate surface area is 260 Å². The Balaban J connectivity index is 0.000000273. The Kier molecular flexibility index (Phi) is 10.8. The van der Waals surface area contributed by atoms with Crippen molar-refractivity contribution in [3.63, 3.8) is 0 Å². The molecule has 1 aliphatic carbocycles. The predicted octanol–water partition coefficient (Wildman–Crippen LogP) is 6.15. The van der Waals surface area contributed by atoms with E-state index in [1.54, 1.807) is 4.90 Å². The maximum absolute atomic E-state index is 11.5. The number of benzene rings is 1. The lowest BCUT2D eigenvalue weighted by atomic mass is 9.71. The summed E-state index contributed by atoms with van der Waals surface area (Å²) in [5.74, 6) is 0. The summed E-state index contributed by atoms with van der Waals surface area (Å²) in [6.07, 6.45) is 15.7. The van der Waals surface area contributed by atoms with Crippen molar-refractivity contribution in [1.82, 2.24) is 25.1 Å². The van der Waals surface area contributed by atoms with Gasteiger partial charge in [-0.05, 0) is 93.6 Å². The molecule has 0 bridgehead atoms. The van der Waals surface area contributed by atoms with Crippen LogP contribution in [0.3, 0.4) is 0 Å². The molecule has 2 unspecified atom stereocenters. The highest BCUT2D eigenvalue weighted by Gasteiger charge is 2.37. The number of unbranched alkanes of at least 4 members (excludes halogenated alkanes) is 1. The molecule has 0 saturated carbocycles. The minimum absolute atomic E-state index is 0.200. The summed E-state index contributed by atoms with van der Waals surface area (Å²) in [7, 11) is 2.04. The number of hydrogen-bond acceptors (Lipinski definition) is 7. The molecule has 232 valence electrons. The van der Waals surface area contributed by atoms with E-state index in [2.05, 4.69) is 62.6 Å². The Bertz CT molecular complexity index is 1370. The van der Waals surface area contributed by atoms with Gasteiger partial charge in [0.15, 0.2) is 0 Å². The van der Waals surface area contributed by atoms with Crippen molar-refractivity contribution in [2.24, 2.45) is 12.2 Å². The van der Waals surface area contributed by atoms with Crippen molar-refractivity contribution in [2.45, 2.75) is 70.4 Å². The van der Waals surface area contributed by atoms with E-state index in [9.17, 15) is 9.70 Å². The number of nitrogens with one attached hydrogen (secondary N) is 2. The van der Waals surface area contributed by atoms with Gasteiger partial charge in [-0.25, -0.2) is 9.78 Å². The zero-order valence-electron chi connectivity index (χ0n) is 26.0. The largest absolute Gasteiger partial charge is 0.444 e. The lowest BCUT2D eigenvalue weighted by Crippen LogP contribution is -2.48. The molecule has 1 aromatic carbocycles. The van der Waals surface area contributed by atoms with Crippen LogP contribution in [0.5, 0.6) is 0 Å². The molecular weight excluding hydrogens is 564 g/mol. The van der Waals surface area contributed by atoms with Crippen molar-refractivity contribution in [3.8, 4) is 0 Å². The number of halogens is 1. The van der Waals surface area contributed by atoms with Crippen LogP contribution >= 0.6 is 11.6 Å². The number of allylic oxidation sites excluding steroid dienone is 3. The monoisotopic (exact) mass is 608 g/mol. The van der Waals surface area contributed by atoms with Crippen molar-refractivity contribution >= 4 is 23.3 Å². The third-order valence-electron chi connectivity index (χ3n) is 8.10. The van der Waals surface area contributed by atoms with Gasteiger partial charge in [-0.1, -0.05) is 41.4 Å². The maximum atomic E-state index is 11.5. The van der Waals surface area contributed by atoms with Crippen LogP contribution in [-0.4, -0.2) is 64.9 Å². The molecule has 1 aromatic heterocycles. The fourth-order valence-electron chi connectivity index (χ4n) is 5.89. The van der Waals surface area contributed by atoms with Crippen molar-refractivity contribution in [1.29, 1.82) is 0 Å². The number of fused-ring (bicyclic) bond motifs is 2. The van der Waals surface area contributed by atoms with E-state index in [1.807, 2.05) is 52.6 Å². The number of ether oxygens (including phenoxy) is 1. The molecule has 2 atom stereocenters. The van der Waals surface area contributed by atoms with Gasteiger partial charge in [0.2, 0.25) is 0 Å². The van der Waals surface area contributed by atoms with Gasteiger partial charge >= 0.3 is 6.09 Å².